The number of likely N-dealkylation sites (N-methyl/N-ethyl adjacent to an activating group) is 1. The van der Waals surface area contributed by atoms with Crippen LogP contribution in [-0.4, -0.2) is 41.7 Å². The number of urea groups is 1. The molecule has 1 aromatic carbocycles. The number of benzene rings is 1. The van der Waals surface area contributed by atoms with Crippen LogP contribution < -0.4 is 10.1 Å². The number of rotatable bonds is 4. The lowest BCUT2D eigenvalue weighted by atomic mass is 10.0. The Morgan fingerprint density at radius 3 is 2.86 bits per heavy atom. The fraction of sp³-hybridized carbons (Fsp3) is 0.467. The third-order valence-electron chi connectivity index (χ3n) is 3.72. The van der Waals surface area contributed by atoms with Gasteiger partial charge < -0.3 is 20.1 Å². The van der Waals surface area contributed by atoms with Gasteiger partial charge in [0.25, 0.3) is 0 Å². The number of amides is 2. The van der Waals surface area contributed by atoms with Gasteiger partial charge in [0.15, 0.2) is 0 Å². The molecule has 1 heterocycles. The third-order valence-corrected chi connectivity index (χ3v) is 3.72. The van der Waals surface area contributed by atoms with Gasteiger partial charge in [0.1, 0.15) is 11.8 Å². The van der Waals surface area contributed by atoms with Crippen molar-refractivity contribution in [3.05, 3.63) is 29.8 Å². The predicted octanol–water partition coefficient (Wildman–Crippen LogP) is 2.01. The van der Waals surface area contributed by atoms with Gasteiger partial charge in [-0.3, -0.25) is 0 Å². The first-order valence-electron chi connectivity index (χ1n) is 7.02. The van der Waals surface area contributed by atoms with Crippen LogP contribution >= 0.6 is 0 Å². The van der Waals surface area contributed by atoms with Crippen LogP contribution in [0.5, 0.6) is 5.75 Å². The summed E-state index contributed by atoms with van der Waals surface area (Å²) in [5, 5.41) is 12.0. The van der Waals surface area contributed by atoms with Crippen molar-refractivity contribution in [2.75, 3.05) is 13.7 Å². The second-order valence-corrected chi connectivity index (χ2v) is 5.05. The number of fused-ring (bicyclic) bond motifs is 1. The molecule has 0 saturated heterocycles. The zero-order chi connectivity index (χ0) is 15.4. The fourth-order valence-electron chi connectivity index (χ4n) is 2.50. The molecular weight excluding hydrogens is 272 g/mol. The van der Waals surface area contributed by atoms with E-state index in [9.17, 15) is 9.59 Å². The Morgan fingerprint density at radius 2 is 2.19 bits per heavy atom. The molecule has 0 spiro atoms. The summed E-state index contributed by atoms with van der Waals surface area (Å²) in [5.74, 6) is -0.232. The average molecular weight is 292 g/mol. The summed E-state index contributed by atoms with van der Waals surface area (Å²) in [6.45, 7) is 2.27. The monoisotopic (exact) mass is 292 g/mol. The van der Waals surface area contributed by atoms with Crippen molar-refractivity contribution in [1.29, 1.82) is 0 Å². The molecule has 2 unspecified atom stereocenters. The van der Waals surface area contributed by atoms with Crippen LogP contribution in [0.2, 0.25) is 0 Å². The molecule has 6 nitrogen and oxygen atoms in total. The Bertz CT molecular complexity index is 532. The maximum atomic E-state index is 12.2. The molecule has 2 rings (SSSR count). The van der Waals surface area contributed by atoms with E-state index < -0.39 is 12.0 Å². The van der Waals surface area contributed by atoms with Crippen LogP contribution in [-0.2, 0) is 4.79 Å². The summed E-state index contributed by atoms with van der Waals surface area (Å²) >= 11 is 0. The molecule has 2 atom stereocenters. The fourth-order valence-corrected chi connectivity index (χ4v) is 2.50. The van der Waals surface area contributed by atoms with Crippen LogP contribution in [0.3, 0.4) is 0 Å². The van der Waals surface area contributed by atoms with Crippen LogP contribution in [0.4, 0.5) is 4.79 Å². The molecule has 0 bridgehead atoms. The number of aliphatic carboxylic acids is 1. The summed E-state index contributed by atoms with van der Waals surface area (Å²) in [5.41, 5.74) is 0.925. The normalized spacial score (nSPS) is 18.1. The number of carboxylic acid groups (broad SMARTS) is 1. The van der Waals surface area contributed by atoms with Crippen molar-refractivity contribution in [2.24, 2.45) is 0 Å². The maximum absolute atomic E-state index is 12.2. The zero-order valence-electron chi connectivity index (χ0n) is 12.2. The Hall–Kier alpha value is -2.24. The van der Waals surface area contributed by atoms with E-state index in [0.717, 1.165) is 11.3 Å². The van der Waals surface area contributed by atoms with E-state index in [-0.39, 0.29) is 12.1 Å². The van der Waals surface area contributed by atoms with E-state index in [1.807, 2.05) is 24.3 Å². The minimum atomic E-state index is -0.998. The first kappa shape index (κ1) is 15.2. The molecule has 1 aliphatic heterocycles. The maximum Gasteiger partial charge on any atom is 0.326 e. The largest absolute Gasteiger partial charge is 0.493 e. The van der Waals surface area contributed by atoms with Crippen molar-refractivity contribution in [3.8, 4) is 5.75 Å². The summed E-state index contributed by atoms with van der Waals surface area (Å²) in [7, 11) is 1.50. The van der Waals surface area contributed by atoms with Gasteiger partial charge in [-0.05, 0) is 12.5 Å². The molecular formula is C15H20N2O4. The second-order valence-electron chi connectivity index (χ2n) is 5.05. The highest BCUT2D eigenvalue weighted by molar-refractivity contribution is 5.82. The Labute approximate surface area is 123 Å². The van der Waals surface area contributed by atoms with Crippen molar-refractivity contribution >= 4 is 12.0 Å². The van der Waals surface area contributed by atoms with Crippen molar-refractivity contribution < 1.29 is 19.4 Å². The molecule has 114 valence electrons. The number of nitrogens with one attached hydrogen (secondary N) is 1. The summed E-state index contributed by atoms with van der Waals surface area (Å²) in [6.07, 6.45) is 1.03. The highest BCUT2D eigenvalue weighted by Gasteiger charge is 2.28. The molecule has 6 heteroatoms. The quantitative estimate of drug-likeness (QED) is 0.890. The lowest BCUT2D eigenvalue weighted by Gasteiger charge is -2.30. The smallest absolute Gasteiger partial charge is 0.326 e. The number of hydrogen-bond donors (Lipinski definition) is 2. The van der Waals surface area contributed by atoms with Crippen LogP contribution in [0.25, 0.3) is 0 Å². The Kier molecular flexibility index (Phi) is 4.67. The SMILES string of the molecule is CCC(C(=O)O)N(C)C(=O)NC1CCOc2ccccc21. The van der Waals surface area contributed by atoms with Crippen LogP contribution in [0.1, 0.15) is 31.4 Å². The van der Waals surface area contributed by atoms with Gasteiger partial charge >= 0.3 is 12.0 Å². The minimum absolute atomic E-state index is 0.156. The molecule has 0 radical (unpaired) electrons. The standard InChI is InChI=1S/C15H20N2O4/c1-3-12(14(18)19)17(2)15(20)16-11-8-9-21-13-7-5-4-6-10(11)13/h4-7,11-12H,3,8-9H2,1-2H3,(H,16,20)(H,18,19). The van der Waals surface area contributed by atoms with E-state index in [0.29, 0.717) is 19.4 Å². The summed E-state index contributed by atoms with van der Waals surface area (Å²) in [4.78, 5) is 24.6. The molecule has 0 saturated carbocycles. The van der Waals surface area contributed by atoms with Crippen molar-refractivity contribution in [2.45, 2.75) is 31.8 Å². The molecule has 2 amide bonds. The first-order chi connectivity index (χ1) is 10.0. The number of carbonyl (C=O) groups is 2. The number of para-hydroxylation sites is 1. The van der Waals surface area contributed by atoms with Gasteiger partial charge in [0, 0.05) is 19.0 Å². The van der Waals surface area contributed by atoms with Gasteiger partial charge in [-0.15, -0.1) is 0 Å². The molecule has 2 N–H and O–H groups in total. The molecule has 0 fully saturated rings. The highest BCUT2D eigenvalue weighted by Crippen LogP contribution is 2.31. The molecule has 0 aromatic heterocycles. The van der Waals surface area contributed by atoms with Gasteiger partial charge in [0.05, 0.1) is 12.6 Å². The lowest BCUT2D eigenvalue weighted by molar-refractivity contribution is -0.141. The Balaban J connectivity index is 2.08. The van der Waals surface area contributed by atoms with Crippen molar-refractivity contribution in [1.82, 2.24) is 10.2 Å². The predicted molar refractivity (Wildman–Crippen MR) is 77.3 cm³/mol. The molecule has 1 aromatic rings. The average Bonchev–Trinajstić information content (AvgIpc) is 2.47. The van der Waals surface area contributed by atoms with E-state index in [1.54, 1.807) is 6.92 Å². The third kappa shape index (κ3) is 3.26. The zero-order valence-corrected chi connectivity index (χ0v) is 12.2. The highest BCUT2D eigenvalue weighted by atomic mass is 16.5. The molecule has 21 heavy (non-hydrogen) atoms. The minimum Gasteiger partial charge on any atom is -0.493 e. The van der Waals surface area contributed by atoms with Gasteiger partial charge in [0.2, 0.25) is 0 Å². The summed E-state index contributed by atoms with van der Waals surface area (Å²) < 4.78 is 5.54. The van der Waals surface area contributed by atoms with Gasteiger partial charge in [-0.2, -0.15) is 0 Å². The van der Waals surface area contributed by atoms with Crippen molar-refractivity contribution in [3.63, 3.8) is 0 Å². The van der Waals surface area contributed by atoms with E-state index >= 15 is 0 Å². The number of carboxylic acids is 1. The topological polar surface area (TPSA) is 78.9 Å². The van der Waals surface area contributed by atoms with Crippen LogP contribution in [0, 0.1) is 0 Å². The lowest BCUT2D eigenvalue weighted by Crippen LogP contribution is -2.48. The molecule has 0 aliphatic carbocycles. The van der Waals surface area contributed by atoms with Gasteiger partial charge in [-0.1, -0.05) is 25.1 Å². The summed E-state index contributed by atoms with van der Waals surface area (Å²) in [6, 6.07) is 6.19. The van der Waals surface area contributed by atoms with Gasteiger partial charge in [-0.25, -0.2) is 9.59 Å². The van der Waals surface area contributed by atoms with Crippen LogP contribution in [0.15, 0.2) is 24.3 Å². The van der Waals surface area contributed by atoms with E-state index in [1.165, 1.54) is 11.9 Å². The molecule has 1 aliphatic rings. The Morgan fingerprint density at radius 1 is 1.48 bits per heavy atom. The number of hydrogen-bond acceptors (Lipinski definition) is 3. The second kappa shape index (κ2) is 6.47. The number of nitrogens with zero attached hydrogens (tertiary/aromatic N) is 1. The van der Waals surface area contributed by atoms with E-state index in [4.69, 9.17) is 9.84 Å². The number of carbonyl (C=O) groups excluding carboxylic acids is 1. The number of ether oxygens (including phenoxy) is 1. The van der Waals surface area contributed by atoms with E-state index in [2.05, 4.69) is 5.32 Å². The first-order valence-corrected chi connectivity index (χ1v) is 7.02.